The molecule has 162 valence electrons. The summed E-state index contributed by atoms with van der Waals surface area (Å²) in [6, 6.07) is 9.71. The van der Waals surface area contributed by atoms with Crippen LogP contribution in [-0.2, 0) is 24.3 Å². The Bertz CT molecular complexity index is 991. The number of carbonyl (C=O) groups excluding carboxylic acids is 2. The van der Waals surface area contributed by atoms with Crippen molar-refractivity contribution in [1.82, 2.24) is 0 Å². The van der Waals surface area contributed by atoms with Crippen molar-refractivity contribution in [1.29, 1.82) is 0 Å². The normalized spacial score (nSPS) is 10.9. The van der Waals surface area contributed by atoms with E-state index in [-0.39, 0.29) is 28.0 Å². The number of halogens is 1. The highest BCUT2D eigenvalue weighted by molar-refractivity contribution is 7.92. The largest absolute Gasteiger partial charge is 0.480 e. The number of hydrogen-bond acceptors (Lipinski definition) is 7. The summed E-state index contributed by atoms with van der Waals surface area (Å²) in [4.78, 5) is 22.9. The van der Waals surface area contributed by atoms with Crippen LogP contribution >= 0.6 is 11.6 Å². The zero-order valence-corrected chi connectivity index (χ0v) is 18.1. The summed E-state index contributed by atoms with van der Waals surface area (Å²) in [6.45, 7) is 1.97. The molecule has 0 atom stereocenters. The average molecular weight is 456 g/mol. The molecule has 0 aliphatic rings. The highest BCUT2D eigenvalue weighted by Crippen LogP contribution is 2.28. The van der Waals surface area contributed by atoms with E-state index in [0.717, 1.165) is 12.8 Å². The van der Waals surface area contributed by atoms with Crippen molar-refractivity contribution < 1.29 is 32.2 Å². The van der Waals surface area contributed by atoms with Gasteiger partial charge in [0, 0.05) is 5.69 Å². The Hall–Kier alpha value is -2.78. The number of methoxy groups -OCH3 is 1. The molecule has 0 spiro atoms. The van der Waals surface area contributed by atoms with E-state index in [2.05, 4.69) is 9.46 Å². The minimum Gasteiger partial charge on any atom is -0.480 e. The SMILES string of the molecule is CCCCOC(=O)c1ccc(NS(=O)(=O)c2ccc(OCC(=O)OC)c(Cl)c2)cc1. The van der Waals surface area contributed by atoms with Gasteiger partial charge in [0.05, 0.1) is 29.2 Å². The van der Waals surface area contributed by atoms with Crippen LogP contribution in [0.15, 0.2) is 47.4 Å². The molecule has 0 bridgehead atoms. The van der Waals surface area contributed by atoms with Crippen molar-refractivity contribution in [3.8, 4) is 5.75 Å². The van der Waals surface area contributed by atoms with Gasteiger partial charge >= 0.3 is 11.9 Å². The first-order chi connectivity index (χ1) is 14.3. The molecule has 0 saturated carbocycles. The molecule has 0 radical (unpaired) electrons. The lowest BCUT2D eigenvalue weighted by atomic mass is 10.2. The van der Waals surface area contributed by atoms with Crippen LogP contribution in [-0.4, -0.2) is 40.7 Å². The Morgan fingerprint density at radius 1 is 1.10 bits per heavy atom. The molecule has 0 unspecified atom stereocenters. The number of ether oxygens (including phenoxy) is 3. The van der Waals surface area contributed by atoms with E-state index in [4.69, 9.17) is 21.1 Å². The first-order valence-corrected chi connectivity index (χ1v) is 10.9. The maximum Gasteiger partial charge on any atom is 0.343 e. The highest BCUT2D eigenvalue weighted by Gasteiger charge is 2.17. The number of carbonyl (C=O) groups is 2. The zero-order chi connectivity index (χ0) is 22.1. The summed E-state index contributed by atoms with van der Waals surface area (Å²) < 4.78 is 42.3. The second kappa shape index (κ2) is 10.8. The Kier molecular flexibility index (Phi) is 8.49. The van der Waals surface area contributed by atoms with Crippen LogP contribution in [0.2, 0.25) is 5.02 Å². The van der Waals surface area contributed by atoms with Gasteiger partial charge in [0.1, 0.15) is 5.75 Å². The van der Waals surface area contributed by atoms with E-state index < -0.39 is 22.0 Å². The van der Waals surface area contributed by atoms with Gasteiger partial charge in [0.25, 0.3) is 10.0 Å². The standard InChI is InChI=1S/C20H22ClNO7S/c1-3-4-11-28-20(24)14-5-7-15(8-6-14)22-30(25,26)16-9-10-18(17(21)12-16)29-13-19(23)27-2/h5-10,12,22H,3-4,11,13H2,1-2H3. The lowest BCUT2D eigenvalue weighted by molar-refractivity contribution is -0.142. The predicted octanol–water partition coefficient (Wildman–Crippen LogP) is 3.65. The van der Waals surface area contributed by atoms with Crippen molar-refractivity contribution in [2.45, 2.75) is 24.7 Å². The van der Waals surface area contributed by atoms with Gasteiger partial charge in [0.2, 0.25) is 0 Å². The predicted molar refractivity (Wildman–Crippen MR) is 111 cm³/mol. The molecular weight excluding hydrogens is 434 g/mol. The topological polar surface area (TPSA) is 108 Å². The Morgan fingerprint density at radius 2 is 1.80 bits per heavy atom. The van der Waals surface area contributed by atoms with Gasteiger partial charge in [0.15, 0.2) is 6.61 Å². The van der Waals surface area contributed by atoms with Crippen molar-refractivity contribution in [2.75, 3.05) is 25.0 Å². The molecule has 0 heterocycles. The van der Waals surface area contributed by atoms with Crippen molar-refractivity contribution >= 4 is 39.3 Å². The van der Waals surface area contributed by atoms with Gasteiger partial charge in [-0.3, -0.25) is 4.72 Å². The Balaban J connectivity index is 2.06. The van der Waals surface area contributed by atoms with Crippen LogP contribution in [0.4, 0.5) is 5.69 Å². The molecule has 2 aromatic rings. The molecule has 0 aliphatic carbocycles. The summed E-state index contributed by atoms with van der Waals surface area (Å²) >= 11 is 6.05. The summed E-state index contributed by atoms with van der Waals surface area (Å²) in [6.07, 6.45) is 1.69. The van der Waals surface area contributed by atoms with Gasteiger partial charge in [-0.25, -0.2) is 18.0 Å². The second-order valence-corrected chi connectivity index (χ2v) is 8.22. The molecular formula is C20H22ClNO7S. The highest BCUT2D eigenvalue weighted by atomic mass is 35.5. The Morgan fingerprint density at radius 3 is 2.40 bits per heavy atom. The lowest BCUT2D eigenvalue weighted by Crippen LogP contribution is -2.14. The fourth-order valence-electron chi connectivity index (χ4n) is 2.24. The first-order valence-electron chi connectivity index (χ1n) is 9.06. The molecule has 2 aromatic carbocycles. The minimum absolute atomic E-state index is 0.0203. The van der Waals surface area contributed by atoms with Gasteiger partial charge in [-0.2, -0.15) is 0 Å². The third-order valence-electron chi connectivity index (χ3n) is 3.89. The number of benzene rings is 2. The third-order valence-corrected chi connectivity index (χ3v) is 5.57. The molecule has 8 nitrogen and oxygen atoms in total. The minimum atomic E-state index is -3.94. The fraction of sp³-hybridized carbons (Fsp3) is 0.300. The van der Waals surface area contributed by atoms with Gasteiger partial charge < -0.3 is 14.2 Å². The maximum absolute atomic E-state index is 12.6. The van der Waals surface area contributed by atoms with Gasteiger partial charge in [-0.05, 0) is 48.9 Å². The number of unbranched alkanes of at least 4 members (excludes halogenated alkanes) is 1. The van der Waals surface area contributed by atoms with Crippen molar-refractivity contribution in [3.63, 3.8) is 0 Å². The van der Waals surface area contributed by atoms with Gasteiger partial charge in [-0.1, -0.05) is 24.9 Å². The summed E-state index contributed by atoms with van der Waals surface area (Å²) in [5.74, 6) is -0.915. The van der Waals surface area contributed by atoms with E-state index in [1.54, 1.807) is 0 Å². The average Bonchev–Trinajstić information content (AvgIpc) is 2.72. The monoisotopic (exact) mass is 455 g/mol. The smallest absolute Gasteiger partial charge is 0.343 e. The van der Waals surface area contributed by atoms with Crippen LogP contribution in [0.3, 0.4) is 0 Å². The molecule has 2 rings (SSSR count). The van der Waals surface area contributed by atoms with Crippen molar-refractivity contribution in [2.24, 2.45) is 0 Å². The van der Waals surface area contributed by atoms with E-state index in [9.17, 15) is 18.0 Å². The summed E-state index contributed by atoms with van der Waals surface area (Å²) in [5.41, 5.74) is 0.589. The molecule has 30 heavy (non-hydrogen) atoms. The fourth-order valence-corrected chi connectivity index (χ4v) is 3.63. The van der Waals surface area contributed by atoms with E-state index >= 15 is 0 Å². The number of hydrogen-bond donors (Lipinski definition) is 1. The van der Waals surface area contributed by atoms with E-state index in [0.29, 0.717) is 12.2 Å². The van der Waals surface area contributed by atoms with Crippen LogP contribution in [0, 0.1) is 0 Å². The van der Waals surface area contributed by atoms with Crippen LogP contribution in [0.5, 0.6) is 5.75 Å². The first kappa shape index (κ1) is 23.5. The molecule has 0 aliphatic heterocycles. The van der Waals surface area contributed by atoms with E-state index in [1.165, 1.54) is 49.6 Å². The molecule has 0 amide bonds. The molecule has 0 saturated heterocycles. The van der Waals surface area contributed by atoms with Crippen LogP contribution < -0.4 is 9.46 Å². The van der Waals surface area contributed by atoms with Gasteiger partial charge in [-0.15, -0.1) is 0 Å². The number of rotatable bonds is 10. The maximum atomic E-state index is 12.6. The summed E-state index contributed by atoms with van der Waals surface area (Å²) in [7, 11) is -2.72. The second-order valence-electron chi connectivity index (χ2n) is 6.13. The lowest BCUT2D eigenvalue weighted by Gasteiger charge is -2.11. The molecule has 0 aromatic heterocycles. The Labute approximate surface area is 180 Å². The quantitative estimate of drug-likeness (QED) is 0.430. The molecule has 10 heteroatoms. The third kappa shape index (κ3) is 6.64. The van der Waals surface area contributed by atoms with Crippen molar-refractivity contribution in [3.05, 3.63) is 53.1 Å². The number of esters is 2. The number of anilines is 1. The molecule has 0 fully saturated rings. The van der Waals surface area contributed by atoms with Crippen LogP contribution in [0.1, 0.15) is 30.1 Å². The van der Waals surface area contributed by atoms with Crippen LogP contribution in [0.25, 0.3) is 0 Å². The number of nitrogens with one attached hydrogen (secondary N) is 1. The molecule has 1 N–H and O–H groups in total. The number of sulfonamides is 1. The summed E-state index contributed by atoms with van der Waals surface area (Å²) in [5, 5.41) is 0.0203. The zero-order valence-electron chi connectivity index (χ0n) is 16.5. The van der Waals surface area contributed by atoms with E-state index in [1.807, 2.05) is 6.92 Å².